The minimum Gasteiger partial charge on any atom is -0.480 e. The Labute approximate surface area is 94.5 Å². The third-order valence-electron chi connectivity index (χ3n) is 2.95. The van der Waals surface area contributed by atoms with Crippen molar-refractivity contribution in [2.45, 2.75) is 44.8 Å². The lowest BCUT2D eigenvalue weighted by Crippen LogP contribution is -2.31. The maximum atomic E-state index is 10.8. The van der Waals surface area contributed by atoms with Gasteiger partial charge in [0.15, 0.2) is 0 Å². The van der Waals surface area contributed by atoms with Crippen LogP contribution in [0.3, 0.4) is 0 Å². The number of nitrogens with zero attached hydrogens (tertiary/aromatic N) is 2. The molecule has 2 N–H and O–H groups in total. The third kappa shape index (κ3) is 2.24. The van der Waals surface area contributed by atoms with Gasteiger partial charge >= 0.3 is 5.97 Å². The Bertz CT molecular complexity index is 375. The number of carboxylic acid groups (broad SMARTS) is 1. The minimum absolute atomic E-state index is 0.145. The van der Waals surface area contributed by atoms with Gasteiger partial charge in [0.05, 0.1) is 6.20 Å². The Hall–Kier alpha value is -1.36. The van der Waals surface area contributed by atoms with Crippen molar-refractivity contribution in [2.75, 3.05) is 0 Å². The van der Waals surface area contributed by atoms with E-state index in [1.807, 2.05) is 17.1 Å². The fraction of sp³-hybridized carbons (Fsp3) is 0.636. The van der Waals surface area contributed by atoms with Gasteiger partial charge in [-0.15, -0.1) is 0 Å². The Balaban J connectivity index is 2.00. The van der Waals surface area contributed by atoms with E-state index in [4.69, 9.17) is 5.11 Å². The Morgan fingerprint density at radius 3 is 3.12 bits per heavy atom. The zero-order valence-electron chi connectivity index (χ0n) is 9.39. The molecule has 0 radical (unpaired) electrons. The second-order valence-corrected chi connectivity index (χ2v) is 4.22. The molecule has 0 amide bonds. The van der Waals surface area contributed by atoms with Crippen molar-refractivity contribution in [1.82, 2.24) is 15.1 Å². The summed E-state index contributed by atoms with van der Waals surface area (Å²) >= 11 is 0. The highest BCUT2D eigenvalue weighted by Crippen LogP contribution is 2.26. The van der Waals surface area contributed by atoms with Crippen molar-refractivity contribution in [3.8, 4) is 0 Å². The van der Waals surface area contributed by atoms with Crippen LogP contribution in [0.2, 0.25) is 0 Å². The quantitative estimate of drug-likeness (QED) is 0.804. The maximum Gasteiger partial charge on any atom is 0.320 e. The van der Waals surface area contributed by atoms with Crippen LogP contribution in [0.4, 0.5) is 0 Å². The molecular formula is C11H17N3O2. The predicted octanol–water partition coefficient (Wildman–Crippen LogP) is 1.17. The summed E-state index contributed by atoms with van der Waals surface area (Å²) in [7, 11) is 0. The number of rotatable bonds is 4. The number of carbonyl (C=O) groups is 1. The monoisotopic (exact) mass is 223 g/mol. The molecular weight excluding hydrogens is 206 g/mol. The lowest BCUT2D eigenvalue weighted by Gasteiger charge is -2.09. The van der Waals surface area contributed by atoms with Crippen molar-refractivity contribution in [3.63, 3.8) is 0 Å². The molecule has 1 aliphatic heterocycles. The van der Waals surface area contributed by atoms with Crippen LogP contribution in [0.15, 0.2) is 12.4 Å². The Kier molecular flexibility index (Phi) is 3.24. The van der Waals surface area contributed by atoms with Crippen LogP contribution >= 0.6 is 0 Å². The highest BCUT2D eigenvalue weighted by atomic mass is 16.4. The normalized spacial score (nSPS) is 24.8. The molecule has 0 bridgehead atoms. The van der Waals surface area contributed by atoms with E-state index in [-0.39, 0.29) is 6.04 Å². The zero-order chi connectivity index (χ0) is 11.5. The molecule has 88 valence electrons. The largest absolute Gasteiger partial charge is 0.480 e. The van der Waals surface area contributed by atoms with Crippen LogP contribution in [-0.2, 0) is 11.3 Å². The van der Waals surface area contributed by atoms with Gasteiger partial charge in [-0.1, -0.05) is 6.92 Å². The molecule has 2 heterocycles. The molecule has 0 spiro atoms. The summed E-state index contributed by atoms with van der Waals surface area (Å²) in [5, 5.41) is 16.2. The van der Waals surface area contributed by atoms with E-state index >= 15 is 0 Å². The SMILES string of the molecule is CCCn1cc(C2CCC(C(=O)O)N2)cn1. The molecule has 0 aliphatic carbocycles. The van der Waals surface area contributed by atoms with E-state index < -0.39 is 12.0 Å². The van der Waals surface area contributed by atoms with E-state index in [0.717, 1.165) is 24.9 Å². The number of carboxylic acids is 1. The fourth-order valence-electron chi connectivity index (χ4n) is 2.11. The van der Waals surface area contributed by atoms with Crippen LogP contribution in [0.5, 0.6) is 0 Å². The van der Waals surface area contributed by atoms with Crippen LogP contribution < -0.4 is 5.32 Å². The third-order valence-corrected chi connectivity index (χ3v) is 2.95. The highest BCUT2D eigenvalue weighted by Gasteiger charge is 2.30. The number of hydrogen-bond acceptors (Lipinski definition) is 3. The fourth-order valence-corrected chi connectivity index (χ4v) is 2.11. The molecule has 5 nitrogen and oxygen atoms in total. The van der Waals surface area contributed by atoms with Crippen molar-refractivity contribution < 1.29 is 9.90 Å². The molecule has 0 saturated carbocycles. The molecule has 5 heteroatoms. The van der Waals surface area contributed by atoms with E-state index in [1.165, 1.54) is 0 Å². The first kappa shape index (κ1) is 11.1. The van der Waals surface area contributed by atoms with Crippen LogP contribution in [0.25, 0.3) is 0 Å². The first-order valence-electron chi connectivity index (χ1n) is 5.72. The van der Waals surface area contributed by atoms with Gasteiger partial charge in [0.2, 0.25) is 0 Å². The second kappa shape index (κ2) is 4.65. The summed E-state index contributed by atoms with van der Waals surface area (Å²) in [4.78, 5) is 10.8. The van der Waals surface area contributed by atoms with Crippen molar-refractivity contribution in [1.29, 1.82) is 0 Å². The first-order valence-corrected chi connectivity index (χ1v) is 5.72. The van der Waals surface area contributed by atoms with E-state index in [0.29, 0.717) is 6.42 Å². The highest BCUT2D eigenvalue weighted by molar-refractivity contribution is 5.73. The van der Waals surface area contributed by atoms with Gasteiger partial charge in [0.1, 0.15) is 6.04 Å². The van der Waals surface area contributed by atoms with Crippen LogP contribution in [0.1, 0.15) is 37.8 Å². The van der Waals surface area contributed by atoms with Gasteiger partial charge in [-0.25, -0.2) is 0 Å². The van der Waals surface area contributed by atoms with E-state index in [9.17, 15) is 4.79 Å². The maximum absolute atomic E-state index is 10.8. The second-order valence-electron chi connectivity index (χ2n) is 4.22. The average Bonchev–Trinajstić information content (AvgIpc) is 2.84. The molecule has 2 rings (SSSR count). The van der Waals surface area contributed by atoms with Crippen molar-refractivity contribution >= 4 is 5.97 Å². The van der Waals surface area contributed by atoms with Crippen LogP contribution in [-0.4, -0.2) is 26.9 Å². The van der Waals surface area contributed by atoms with Gasteiger partial charge in [-0.3, -0.25) is 14.8 Å². The molecule has 2 atom stereocenters. The summed E-state index contributed by atoms with van der Waals surface area (Å²) in [6, 6.07) is -0.258. The Morgan fingerprint density at radius 2 is 2.50 bits per heavy atom. The van der Waals surface area contributed by atoms with Gasteiger partial charge in [0.25, 0.3) is 0 Å². The minimum atomic E-state index is -0.761. The molecule has 1 aromatic rings. The molecule has 1 saturated heterocycles. The van der Waals surface area contributed by atoms with Gasteiger partial charge in [-0.05, 0) is 19.3 Å². The van der Waals surface area contributed by atoms with Gasteiger partial charge in [-0.2, -0.15) is 5.10 Å². The van der Waals surface area contributed by atoms with Gasteiger partial charge in [0, 0.05) is 24.3 Å². The lowest BCUT2D eigenvalue weighted by atomic mass is 10.1. The smallest absolute Gasteiger partial charge is 0.320 e. The summed E-state index contributed by atoms with van der Waals surface area (Å²) in [5.41, 5.74) is 1.09. The van der Waals surface area contributed by atoms with E-state index in [2.05, 4.69) is 17.3 Å². The van der Waals surface area contributed by atoms with Gasteiger partial charge < -0.3 is 5.11 Å². The number of aryl methyl sites for hydroxylation is 1. The predicted molar refractivity (Wildman–Crippen MR) is 59.1 cm³/mol. The number of hydrogen-bond donors (Lipinski definition) is 2. The Morgan fingerprint density at radius 1 is 1.69 bits per heavy atom. The molecule has 1 aliphatic rings. The summed E-state index contributed by atoms with van der Waals surface area (Å²) in [6.45, 7) is 3.02. The zero-order valence-corrected chi connectivity index (χ0v) is 9.39. The number of nitrogens with one attached hydrogen (secondary N) is 1. The first-order chi connectivity index (χ1) is 7.70. The topological polar surface area (TPSA) is 67.2 Å². The van der Waals surface area contributed by atoms with Crippen LogP contribution in [0, 0.1) is 0 Å². The molecule has 1 fully saturated rings. The molecule has 0 aromatic carbocycles. The molecule has 16 heavy (non-hydrogen) atoms. The molecule has 2 unspecified atom stereocenters. The lowest BCUT2D eigenvalue weighted by molar-refractivity contribution is -0.139. The standard InChI is InChI=1S/C11H17N3O2/c1-2-5-14-7-8(6-12-14)9-3-4-10(13-9)11(15)16/h6-7,9-10,13H,2-5H2,1H3,(H,15,16). The average molecular weight is 223 g/mol. The van der Waals surface area contributed by atoms with E-state index in [1.54, 1.807) is 0 Å². The van der Waals surface area contributed by atoms with Crippen molar-refractivity contribution in [2.24, 2.45) is 0 Å². The summed E-state index contributed by atoms with van der Waals surface area (Å²) in [6.07, 6.45) is 6.45. The number of aliphatic carboxylic acids is 1. The summed E-state index contributed by atoms with van der Waals surface area (Å²) < 4.78 is 1.91. The van der Waals surface area contributed by atoms with Crippen molar-refractivity contribution in [3.05, 3.63) is 18.0 Å². The molecule has 1 aromatic heterocycles. The summed E-state index contributed by atoms with van der Waals surface area (Å²) in [5.74, 6) is -0.761. The number of aromatic nitrogens is 2.